The summed E-state index contributed by atoms with van der Waals surface area (Å²) in [7, 11) is 0. The number of nitrogens with one attached hydrogen (secondary N) is 3. The van der Waals surface area contributed by atoms with Gasteiger partial charge in [-0.15, -0.1) is 0 Å². The summed E-state index contributed by atoms with van der Waals surface area (Å²) < 4.78 is 44.3. The van der Waals surface area contributed by atoms with Gasteiger partial charge in [-0.1, -0.05) is 23.2 Å². The van der Waals surface area contributed by atoms with E-state index in [-0.39, 0.29) is 45.4 Å². The molecule has 0 aliphatic carbocycles. The molecule has 3 N–H and O–H groups in total. The van der Waals surface area contributed by atoms with E-state index in [0.29, 0.717) is 12.8 Å². The SMILES string of the molecule is CC(C)(Oc1cc(F)c(Cl)cc1Cl)C(=O)NC1CC2CCC(C1)N2c1ccc(C(=O)NCC(F)F)c[nH+]1. The molecule has 2 fully saturated rings. The maximum absolute atomic E-state index is 13.9. The third-order valence-electron chi connectivity index (χ3n) is 6.71. The second kappa shape index (κ2) is 10.9. The number of hydrogen-bond acceptors (Lipinski definition) is 4. The first-order chi connectivity index (χ1) is 17.4. The number of fused-ring (bicyclic) bond motifs is 2. The van der Waals surface area contributed by atoms with Crippen LogP contribution in [0.3, 0.4) is 0 Å². The lowest BCUT2D eigenvalue weighted by molar-refractivity contribution is -0.365. The second-order valence-electron chi connectivity index (χ2n) is 9.81. The molecule has 1 aromatic carbocycles. The van der Waals surface area contributed by atoms with Crippen molar-refractivity contribution in [3.05, 3.63) is 51.9 Å². The molecule has 2 unspecified atom stereocenters. The molecule has 0 spiro atoms. The van der Waals surface area contributed by atoms with E-state index in [9.17, 15) is 22.8 Å². The Hall–Kier alpha value is -2.72. The average molecular weight is 560 g/mol. The number of rotatable bonds is 8. The number of hydrogen-bond donors (Lipinski definition) is 2. The Morgan fingerprint density at radius 2 is 1.84 bits per heavy atom. The molecule has 2 atom stereocenters. The molecule has 7 nitrogen and oxygen atoms in total. The van der Waals surface area contributed by atoms with Gasteiger partial charge in [0.15, 0.2) is 5.60 Å². The zero-order valence-electron chi connectivity index (χ0n) is 20.3. The molecule has 2 saturated heterocycles. The molecule has 0 saturated carbocycles. The molecule has 4 rings (SSSR count). The van der Waals surface area contributed by atoms with E-state index >= 15 is 0 Å². The first-order valence-electron chi connectivity index (χ1n) is 12.0. The summed E-state index contributed by atoms with van der Waals surface area (Å²) in [6.07, 6.45) is 2.20. The normalized spacial score (nSPS) is 21.2. The lowest BCUT2D eigenvalue weighted by Crippen LogP contribution is -2.56. The van der Waals surface area contributed by atoms with E-state index in [1.165, 1.54) is 12.3 Å². The summed E-state index contributed by atoms with van der Waals surface area (Å²) >= 11 is 11.9. The number of alkyl halides is 2. The topological polar surface area (TPSA) is 84.8 Å². The summed E-state index contributed by atoms with van der Waals surface area (Å²) in [6.45, 7) is 2.47. The van der Waals surface area contributed by atoms with Crippen LogP contribution in [0.5, 0.6) is 5.75 Å². The molecule has 2 bridgehead atoms. The quantitative estimate of drug-likeness (QED) is 0.469. The van der Waals surface area contributed by atoms with Crippen LogP contribution in [-0.4, -0.2) is 48.5 Å². The predicted octanol–water partition coefficient (Wildman–Crippen LogP) is 4.42. The molecule has 3 heterocycles. The lowest BCUT2D eigenvalue weighted by atomic mass is 9.96. The highest BCUT2D eigenvalue weighted by Gasteiger charge is 2.47. The van der Waals surface area contributed by atoms with Crippen molar-refractivity contribution in [3.63, 3.8) is 0 Å². The zero-order valence-corrected chi connectivity index (χ0v) is 21.8. The van der Waals surface area contributed by atoms with Gasteiger partial charge >= 0.3 is 0 Å². The number of ether oxygens (including phenoxy) is 1. The maximum atomic E-state index is 13.9. The monoisotopic (exact) mass is 559 g/mol. The number of anilines is 1. The summed E-state index contributed by atoms with van der Waals surface area (Å²) in [5.41, 5.74) is -1.05. The van der Waals surface area contributed by atoms with E-state index in [4.69, 9.17) is 27.9 Å². The Bertz CT molecular complexity index is 1150. The van der Waals surface area contributed by atoms with E-state index in [1.54, 1.807) is 26.0 Å². The van der Waals surface area contributed by atoms with Gasteiger partial charge in [0, 0.05) is 31.0 Å². The van der Waals surface area contributed by atoms with Crippen LogP contribution in [0.2, 0.25) is 10.0 Å². The fourth-order valence-electron chi connectivity index (χ4n) is 4.94. The fourth-order valence-corrected chi connectivity index (χ4v) is 5.36. The van der Waals surface area contributed by atoms with Crippen molar-refractivity contribution in [3.8, 4) is 5.75 Å². The number of aromatic amines is 1. The Morgan fingerprint density at radius 1 is 1.16 bits per heavy atom. The minimum absolute atomic E-state index is 0.0282. The van der Waals surface area contributed by atoms with Crippen LogP contribution >= 0.6 is 23.2 Å². The largest absolute Gasteiger partial charge is 0.476 e. The molecular formula is C25H28Cl2F3N4O3+. The Morgan fingerprint density at radius 3 is 2.43 bits per heavy atom. The van der Waals surface area contributed by atoms with Gasteiger partial charge in [-0.05, 0) is 38.8 Å². The van der Waals surface area contributed by atoms with E-state index < -0.39 is 30.3 Å². The highest BCUT2D eigenvalue weighted by molar-refractivity contribution is 6.35. The van der Waals surface area contributed by atoms with Crippen molar-refractivity contribution in [2.45, 2.75) is 69.7 Å². The lowest BCUT2D eigenvalue weighted by Gasteiger charge is -2.36. The maximum Gasteiger partial charge on any atom is 0.274 e. The first kappa shape index (κ1) is 27.3. The van der Waals surface area contributed by atoms with Gasteiger partial charge in [0.1, 0.15) is 17.8 Å². The van der Waals surface area contributed by atoms with Crippen LogP contribution in [-0.2, 0) is 4.79 Å². The number of carbonyl (C=O) groups excluding carboxylic acids is 2. The van der Waals surface area contributed by atoms with Gasteiger partial charge in [-0.3, -0.25) is 14.5 Å². The molecule has 12 heteroatoms. The fraction of sp³-hybridized carbons (Fsp3) is 0.480. The number of benzene rings is 1. The van der Waals surface area contributed by atoms with Gasteiger partial charge in [0.05, 0.1) is 34.2 Å². The summed E-state index contributed by atoms with van der Waals surface area (Å²) in [6, 6.07) is 5.92. The number of piperidine rings is 1. The van der Waals surface area contributed by atoms with Crippen LogP contribution in [0, 0.1) is 5.82 Å². The zero-order chi connectivity index (χ0) is 26.9. The van der Waals surface area contributed by atoms with E-state index in [0.717, 1.165) is 24.7 Å². The Labute approximate surface area is 222 Å². The third-order valence-corrected chi connectivity index (χ3v) is 7.29. The molecule has 2 aromatic rings. The summed E-state index contributed by atoms with van der Waals surface area (Å²) in [5, 5.41) is 5.22. The van der Waals surface area contributed by atoms with Gasteiger partial charge in [-0.25, -0.2) is 18.2 Å². The second-order valence-corrected chi connectivity index (χ2v) is 10.6. The van der Waals surface area contributed by atoms with E-state index in [1.807, 2.05) is 0 Å². The molecule has 200 valence electrons. The molecular weight excluding hydrogens is 532 g/mol. The Balaban J connectivity index is 1.37. The van der Waals surface area contributed by atoms with Crippen LogP contribution < -0.4 is 25.3 Å². The standard InChI is InChI=1S/C25H27Cl2F3N4O3/c1-25(2,37-20-10-19(28)17(26)9-18(20)27)24(36)33-14-7-15-4-5-16(8-14)34(15)22-6-3-13(11-31-22)23(35)32-12-21(29)30/h3,6,9-11,14-16,21H,4-5,7-8,12H2,1-2H3,(H,32,35)(H,33,36)/p+1. The molecule has 2 aliphatic rings. The first-order valence-corrected chi connectivity index (χ1v) is 12.7. The number of halogens is 5. The third kappa shape index (κ3) is 6.23. The van der Waals surface area contributed by atoms with Crippen LogP contribution in [0.4, 0.5) is 19.0 Å². The number of pyridine rings is 1. The van der Waals surface area contributed by atoms with Crippen molar-refractivity contribution in [1.82, 2.24) is 10.6 Å². The number of nitrogens with zero attached hydrogens (tertiary/aromatic N) is 1. The van der Waals surface area contributed by atoms with Gasteiger partial charge in [-0.2, -0.15) is 0 Å². The van der Waals surface area contributed by atoms with Gasteiger partial charge in [0.25, 0.3) is 24.1 Å². The van der Waals surface area contributed by atoms with Gasteiger partial charge in [0.2, 0.25) is 0 Å². The van der Waals surface area contributed by atoms with Crippen LogP contribution in [0.15, 0.2) is 30.5 Å². The van der Waals surface area contributed by atoms with Crippen molar-refractivity contribution in [2.75, 3.05) is 11.4 Å². The molecule has 37 heavy (non-hydrogen) atoms. The molecule has 1 aromatic heterocycles. The minimum atomic E-state index is -2.61. The average Bonchev–Trinajstić information content (AvgIpc) is 3.10. The van der Waals surface area contributed by atoms with Gasteiger partial charge < -0.3 is 15.4 Å². The van der Waals surface area contributed by atoms with Crippen molar-refractivity contribution < 1.29 is 32.5 Å². The van der Waals surface area contributed by atoms with E-state index in [2.05, 4.69) is 20.5 Å². The van der Waals surface area contributed by atoms with Crippen LogP contribution in [0.25, 0.3) is 0 Å². The molecule has 0 radical (unpaired) electrons. The predicted molar refractivity (Wildman–Crippen MR) is 133 cm³/mol. The highest BCUT2D eigenvalue weighted by atomic mass is 35.5. The molecule has 2 amide bonds. The number of aromatic nitrogens is 1. The van der Waals surface area contributed by atoms with Crippen LogP contribution in [0.1, 0.15) is 49.9 Å². The highest BCUT2D eigenvalue weighted by Crippen LogP contribution is 2.38. The summed E-state index contributed by atoms with van der Waals surface area (Å²) in [4.78, 5) is 30.5. The van der Waals surface area contributed by atoms with Crippen molar-refractivity contribution >= 4 is 40.8 Å². The molecule has 2 aliphatic heterocycles. The number of H-pyrrole nitrogens is 1. The smallest absolute Gasteiger partial charge is 0.274 e. The number of carbonyl (C=O) groups is 2. The summed E-state index contributed by atoms with van der Waals surface area (Å²) in [5.74, 6) is -0.756. The van der Waals surface area contributed by atoms with Crippen molar-refractivity contribution in [2.24, 2.45) is 0 Å². The number of amides is 2. The Kier molecular flexibility index (Phi) is 8.08. The van der Waals surface area contributed by atoms with Crippen molar-refractivity contribution in [1.29, 1.82) is 0 Å². The minimum Gasteiger partial charge on any atom is -0.476 e.